The van der Waals surface area contributed by atoms with Gasteiger partial charge in [0.2, 0.25) is 0 Å². The zero-order valence-electron chi connectivity index (χ0n) is 17.2. The zero-order chi connectivity index (χ0) is 18.6. The minimum atomic E-state index is 0. The molecular weight excluding hydrogens is 463 g/mol. The van der Waals surface area contributed by atoms with E-state index in [1.54, 1.807) is 0 Å². The maximum Gasteiger partial charge on any atom is 0.191 e. The van der Waals surface area contributed by atoms with Crippen molar-refractivity contribution < 1.29 is 4.74 Å². The number of rotatable bonds is 5. The van der Waals surface area contributed by atoms with Crippen molar-refractivity contribution in [1.29, 1.82) is 0 Å². The van der Waals surface area contributed by atoms with Crippen LogP contribution in [0.15, 0.2) is 29.3 Å². The number of hydrogen-bond donors (Lipinski definition) is 2. The summed E-state index contributed by atoms with van der Waals surface area (Å²) in [6.45, 7) is 6.71. The molecule has 3 fully saturated rings. The summed E-state index contributed by atoms with van der Waals surface area (Å²) >= 11 is 0. The Morgan fingerprint density at radius 3 is 2.61 bits per heavy atom. The number of guanidine groups is 1. The van der Waals surface area contributed by atoms with Gasteiger partial charge in [0, 0.05) is 26.7 Å². The lowest BCUT2D eigenvalue weighted by atomic mass is 9.96. The van der Waals surface area contributed by atoms with E-state index in [1.165, 1.54) is 49.9 Å². The van der Waals surface area contributed by atoms with Crippen LogP contribution in [0.1, 0.15) is 50.2 Å². The fourth-order valence-corrected chi connectivity index (χ4v) is 4.80. The smallest absolute Gasteiger partial charge is 0.191 e. The van der Waals surface area contributed by atoms with Crippen molar-refractivity contribution in [2.75, 3.05) is 20.1 Å². The average molecular weight is 498 g/mol. The molecule has 5 nitrogen and oxygen atoms in total. The maximum absolute atomic E-state index is 5.93. The summed E-state index contributed by atoms with van der Waals surface area (Å²) in [4.78, 5) is 6.97. The predicted molar refractivity (Wildman–Crippen MR) is 125 cm³/mol. The van der Waals surface area contributed by atoms with E-state index >= 15 is 0 Å². The molecule has 3 aliphatic heterocycles. The monoisotopic (exact) mass is 498 g/mol. The standard InChI is InChI=1S/C22H34N4O.HI/c1-16-4-3-11-26(14-16)15-18-7-5-17(6-8-18)13-24-22(23-2)25-20-12-19-9-10-21(20)27-19;/h5-8,16,19-21H,3-4,9-15H2,1-2H3,(H2,23,24,25);1H. The first-order valence-corrected chi connectivity index (χ1v) is 10.6. The third-order valence-corrected chi connectivity index (χ3v) is 6.28. The van der Waals surface area contributed by atoms with Crippen LogP contribution in [0.3, 0.4) is 0 Å². The second-order valence-electron chi connectivity index (χ2n) is 8.59. The Morgan fingerprint density at radius 1 is 1.18 bits per heavy atom. The Labute approximate surface area is 186 Å². The average Bonchev–Trinajstić information content (AvgIpc) is 3.29. The fourth-order valence-electron chi connectivity index (χ4n) is 4.80. The molecule has 156 valence electrons. The first-order valence-electron chi connectivity index (χ1n) is 10.6. The van der Waals surface area contributed by atoms with Crippen LogP contribution in [-0.4, -0.2) is 49.2 Å². The van der Waals surface area contributed by atoms with E-state index in [1.807, 2.05) is 7.05 Å². The van der Waals surface area contributed by atoms with E-state index < -0.39 is 0 Å². The molecule has 2 N–H and O–H groups in total. The summed E-state index contributed by atoms with van der Waals surface area (Å²) in [5.74, 6) is 1.71. The van der Waals surface area contributed by atoms with Crippen molar-refractivity contribution in [3.8, 4) is 0 Å². The third kappa shape index (κ3) is 5.60. The van der Waals surface area contributed by atoms with Gasteiger partial charge in [-0.25, -0.2) is 0 Å². The van der Waals surface area contributed by atoms with Crippen molar-refractivity contribution in [3.05, 3.63) is 35.4 Å². The van der Waals surface area contributed by atoms with E-state index in [-0.39, 0.29) is 24.0 Å². The number of hydrogen-bond acceptors (Lipinski definition) is 3. The lowest BCUT2D eigenvalue weighted by Crippen LogP contribution is -2.47. The zero-order valence-corrected chi connectivity index (χ0v) is 19.5. The predicted octanol–water partition coefficient (Wildman–Crippen LogP) is 3.52. The SMILES string of the molecule is CN=C(NCc1ccc(CN2CCCC(C)C2)cc1)NC1CC2CCC1O2.I. The summed E-state index contributed by atoms with van der Waals surface area (Å²) in [6, 6.07) is 9.43. The third-order valence-electron chi connectivity index (χ3n) is 6.28. The molecule has 28 heavy (non-hydrogen) atoms. The van der Waals surface area contributed by atoms with Crippen molar-refractivity contribution in [2.45, 2.75) is 70.4 Å². The number of benzene rings is 1. The van der Waals surface area contributed by atoms with Gasteiger partial charge in [-0.15, -0.1) is 24.0 Å². The summed E-state index contributed by atoms with van der Waals surface area (Å²) in [5, 5.41) is 7.00. The molecule has 3 aliphatic rings. The van der Waals surface area contributed by atoms with Gasteiger partial charge in [0.1, 0.15) is 0 Å². The van der Waals surface area contributed by atoms with Gasteiger partial charge in [0.05, 0.1) is 18.2 Å². The molecule has 2 bridgehead atoms. The Kier molecular flexibility index (Phi) is 8.00. The van der Waals surface area contributed by atoms with E-state index in [0.29, 0.717) is 18.2 Å². The first kappa shape index (κ1) is 21.8. The van der Waals surface area contributed by atoms with Crippen molar-refractivity contribution in [1.82, 2.24) is 15.5 Å². The van der Waals surface area contributed by atoms with E-state index in [0.717, 1.165) is 31.4 Å². The van der Waals surface area contributed by atoms with E-state index in [2.05, 4.69) is 51.7 Å². The minimum Gasteiger partial charge on any atom is -0.373 e. The van der Waals surface area contributed by atoms with E-state index in [9.17, 15) is 0 Å². The first-order chi connectivity index (χ1) is 13.2. The molecule has 0 amide bonds. The van der Waals surface area contributed by atoms with Gasteiger partial charge in [0.15, 0.2) is 5.96 Å². The Bertz CT molecular complexity index is 650. The number of nitrogens with zero attached hydrogens (tertiary/aromatic N) is 2. The summed E-state index contributed by atoms with van der Waals surface area (Å²) < 4.78 is 5.93. The molecule has 3 saturated heterocycles. The number of piperidine rings is 1. The highest BCUT2D eigenvalue weighted by Crippen LogP contribution is 2.34. The highest BCUT2D eigenvalue weighted by Gasteiger charge is 2.41. The molecule has 4 unspecified atom stereocenters. The lowest BCUT2D eigenvalue weighted by molar-refractivity contribution is 0.0992. The number of aliphatic imine (C=N–C) groups is 1. The van der Waals surface area contributed by atoms with E-state index in [4.69, 9.17) is 4.74 Å². The molecule has 0 saturated carbocycles. The number of nitrogens with one attached hydrogen (secondary N) is 2. The molecule has 0 aromatic heterocycles. The second kappa shape index (κ2) is 10.3. The second-order valence-corrected chi connectivity index (χ2v) is 8.59. The molecule has 0 spiro atoms. The highest BCUT2D eigenvalue weighted by atomic mass is 127. The Balaban J connectivity index is 0.00000225. The van der Waals surface area contributed by atoms with Gasteiger partial charge in [0.25, 0.3) is 0 Å². The van der Waals surface area contributed by atoms with Crippen LogP contribution in [0, 0.1) is 5.92 Å². The van der Waals surface area contributed by atoms with Crippen molar-refractivity contribution >= 4 is 29.9 Å². The lowest BCUT2D eigenvalue weighted by Gasteiger charge is -2.30. The van der Waals surface area contributed by atoms with Crippen molar-refractivity contribution in [3.63, 3.8) is 0 Å². The normalized spacial score (nSPS) is 30.1. The number of fused-ring (bicyclic) bond motifs is 2. The Hall–Kier alpha value is -0.860. The molecule has 4 rings (SSSR count). The van der Waals surface area contributed by atoms with Crippen LogP contribution in [0.5, 0.6) is 0 Å². The van der Waals surface area contributed by atoms with Gasteiger partial charge >= 0.3 is 0 Å². The Morgan fingerprint density at radius 2 is 1.96 bits per heavy atom. The van der Waals surface area contributed by atoms with Crippen LogP contribution in [0.25, 0.3) is 0 Å². The number of ether oxygens (including phenoxy) is 1. The summed E-state index contributed by atoms with van der Waals surface area (Å²) in [7, 11) is 1.84. The summed E-state index contributed by atoms with van der Waals surface area (Å²) in [5.41, 5.74) is 2.70. The van der Waals surface area contributed by atoms with Gasteiger partial charge in [-0.05, 0) is 55.7 Å². The topological polar surface area (TPSA) is 48.9 Å². The van der Waals surface area contributed by atoms with Crippen LogP contribution in [-0.2, 0) is 17.8 Å². The largest absolute Gasteiger partial charge is 0.373 e. The number of likely N-dealkylation sites (tertiary alicyclic amines) is 1. The molecule has 0 radical (unpaired) electrons. The molecule has 1 aromatic carbocycles. The van der Waals surface area contributed by atoms with Crippen LogP contribution < -0.4 is 10.6 Å². The molecule has 3 heterocycles. The summed E-state index contributed by atoms with van der Waals surface area (Å²) in [6.07, 6.45) is 7.04. The van der Waals surface area contributed by atoms with Crippen molar-refractivity contribution in [2.24, 2.45) is 10.9 Å². The van der Waals surface area contributed by atoms with Gasteiger partial charge in [-0.2, -0.15) is 0 Å². The molecular formula is C22H35IN4O. The fraction of sp³-hybridized carbons (Fsp3) is 0.682. The van der Waals surface area contributed by atoms with Crippen LogP contribution in [0.4, 0.5) is 0 Å². The van der Waals surface area contributed by atoms with Gasteiger partial charge in [-0.1, -0.05) is 31.2 Å². The quantitative estimate of drug-likeness (QED) is 0.371. The minimum absolute atomic E-state index is 0. The van der Waals surface area contributed by atoms with Crippen LogP contribution in [0.2, 0.25) is 0 Å². The molecule has 4 atom stereocenters. The van der Waals surface area contributed by atoms with Gasteiger partial charge in [-0.3, -0.25) is 9.89 Å². The van der Waals surface area contributed by atoms with Crippen LogP contribution >= 0.6 is 24.0 Å². The van der Waals surface area contributed by atoms with Gasteiger partial charge < -0.3 is 15.4 Å². The number of halogens is 1. The maximum atomic E-state index is 5.93. The molecule has 6 heteroatoms. The highest BCUT2D eigenvalue weighted by molar-refractivity contribution is 14.0. The molecule has 0 aliphatic carbocycles. The molecule has 1 aromatic rings.